The molecule has 0 saturated carbocycles. The van der Waals surface area contributed by atoms with Crippen molar-refractivity contribution in [2.45, 2.75) is 24.8 Å². The monoisotopic (exact) mass is 266 g/mol. The molecular weight excluding hydrogens is 256 g/mol. The van der Waals surface area contributed by atoms with E-state index in [0.717, 1.165) is 0 Å². The summed E-state index contributed by atoms with van der Waals surface area (Å²) in [4.78, 5) is 0.237. The predicted octanol–water partition coefficient (Wildman–Crippen LogP) is 1.63. The van der Waals surface area contributed by atoms with Gasteiger partial charge in [0.05, 0.1) is 0 Å². The summed E-state index contributed by atoms with van der Waals surface area (Å²) in [5.41, 5.74) is 0. The van der Waals surface area contributed by atoms with E-state index in [1.165, 1.54) is 12.5 Å². The van der Waals surface area contributed by atoms with Crippen molar-refractivity contribution in [2.75, 3.05) is 6.26 Å². The van der Waals surface area contributed by atoms with E-state index in [1.807, 2.05) is 13.8 Å². The van der Waals surface area contributed by atoms with Crippen molar-refractivity contribution in [3.05, 3.63) is 10.8 Å². The van der Waals surface area contributed by atoms with Gasteiger partial charge in [-0.05, 0) is 29.8 Å². The maximum Gasteiger partial charge on any atom is 0.179 e. The maximum atomic E-state index is 11.2. The molecular formula is C7H11BrN2O2S. The molecule has 0 fully saturated rings. The van der Waals surface area contributed by atoms with E-state index >= 15 is 0 Å². The molecule has 0 aliphatic heterocycles. The average molecular weight is 267 g/mol. The lowest BCUT2D eigenvalue weighted by atomic mass is 10.4. The fourth-order valence-electron chi connectivity index (χ4n) is 0.866. The molecule has 0 bridgehead atoms. The first-order valence-corrected chi connectivity index (χ1v) is 6.45. The van der Waals surface area contributed by atoms with Crippen LogP contribution < -0.4 is 0 Å². The molecule has 0 N–H and O–H groups in total. The van der Waals surface area contributed by atoms with Gasteiger partial charge in [0.1, 0.15) is 9.50 Å². The molecule has 0 saturated heterocycles. The van der Waals surface area contributed by atoms with Gasteiger partial charge in [-0.15, -0.1) is 0 Å². The Morgan fingerprint density at radius 1 is 1.54 bits per heavy atom. The molecule has 6 heteroatoms. The van der Waals surface area contributed by atoms with E-state index in [9.17, 15) is 8.42 Å². The molecule has 1 aromatic rings. The molecule has 0 spiro atoms. The Balaban J connectivity index is 3.27. The zero-order chi connectivity index (χ0) is 10.2. The third-order valence-electron chi connectivity index (χ3n) is 1.58. The topological polar surface area (TPSA) is 52.0 Å². The number of hydrogen-bond acceptors (Lipinski definition) is 3. The highest BCUT2D eigenvalue weighted by molar-refractivity contribution is 9.10. The fourth-order valence-corrected chi connectivity index (χ4v) is 2.68. The van der Waals surface area contributed by atoms with Gasteiger partial charge in [-0.1, -0.05) is 0 Å². The normalized spacial score (nSPS) is 12.4. The molecule has 1 rings (SSSR count). The summed E-state index contributed by atoms with van der Waals surface area (Å²) in [6.07, 6.45) is 2.70. The van der Waals surface area contributed by atoms with Gasteiger partial charge in [-0.3, -0.25) is 4.68 Å². The average Bonchev–Trinajstić information content (AvgIpc) is 2.29. The second kappa shape index (κ2) is 3.42. The molecule has 0 aliphatic carbocycles. The summed E-state index contributed by atoms with van der Waals surface area (Å²) in [7, 11) is -3.18. The minimum absolute atomic E-state index is 0.159. The smallest absolute Gasteiger partial charge is 0.179 e. The second-order valence-corrected chi connectivity index (χ2v) is 5.87. The van der Waals surface area contributed by atoms with Gasteiger partial charge in [-0.25, -0.2) is 8.42 Å². The number of aromatic nitrogens is 2. The summed E-state index contributed by atoms with van der Waals surface area (Å²) < 4.78 is 24.4. The molecule has 4 nitrogen and oxygen atoms in total. The lowest BCUT2D eigenvalue weighted by Gasteiger charge is -2.02. The van der Waals surface area contributed by atoms with Crippen molar-refractivity contribution in [1.82, 2.24) is 9.78 Å². The van der Waals surface area contributed by atoms with Crippen LogP contribution in [0.5, 0.6) is 0 Å². The Labute approximate surface area is 86.0 Å². The van der Waals surface area contributed by atoms with E-state index < -0.39 is 9.84 Å². The minimum Gasteiger partial charge on any atom is -0.268 e. The predicted molar refractivity (Wildman–Crippen MR) is 53.4 cm³/mol. The number of nitrogens with zero attached hydrogens (tertiary/aromatic N) is 2. The SMILES string of the molecule is CC(C)n1cc(S(C)(=O)=O)c(Br)n1. The van der Waals surface area contributed by atoms with E-state index in [0.29, 0.717) is 4.60 Å². The first kappa shape index (κ1) is 10.7. The first-order valence-electron chi connectivity index (χ1n) is 3.77. The fraction of sp³-hybridized carbons (Fsp3) is 0.571. The number of sulfone groups is 1. The van der Waals surface area contributed by atoms with Crippen LogP contribution in [0.1, 0.15) is 19.9 Å². The van der Waals surface area contributed by atoms with Gasteiger partial charge in [0.25, 0.3) is 0 Å². The van der Waals surface area contributed by atoms with Gasteiger partial charge >= 0.3 is 0 Å². The summed E-state index contributed by atoms with van der Waals surface area (Å²) in [5.74, 6) is 0. The standard InChI is InChI=1S/C7H11BrN2O2S/c1-5(2)10-4-6(7(8)9-10)13(3,11)12/h4-5H,1-3H3. The lowest BCUT2D eigenvalue weighted by molar-refractivity contribution is 0.529. The highest BCUT2D eigenvalue weighted by atomic mass is 79.9. The van der Waals surface area contributed by atoms with Gasteiger partial charge in [0.15, 0.2) is 9.84 Å². The van der Waals surface area contributed by atoms with Crippen molar-refractivity contribution in [3.8, 4) is 0 Å². The second-order valence-electron chi connectivity index (χ2n) is 3.13. The van der Waals surface area contributed by atoms with Gasteiger partial charge in [0, 0.05) is 18.5 Å². The van der Waals surface area contributed by atoms with Crippen LogP contribution in [-0.4, -0.2) is 24.5 Å². The zero-order valence-corrected chi connectivity index (χ0v) is 10.1. The van der Waals surface area contributed by atoms with E-state index in [-0.39, 0.29) is 10.9 Å². The van der Waals surface area contributed by atoms with Crippen LogP contribution in [0, 0.1) is 0 Å². The third-order valence-corrected chi connectivity index (χ3v) is 3.53. The molecule has 0 aromatic carbocycles. The molecule has 0 amide bonds. The largest absolute Gasteiger partial charge is 0.268 e. The molecule has 0 aliphatic rings. The Kier molecular flexibility index (Phi) is 2.82. The Morgan fingerprint density at radius 2 is 2.08 bits per heavy atom. The Morgan fingerprint density at radius 3 is 2.31 bits per heavy atom. The Bertz CT molecular complexity index is 408. The van der Waals surface area contributed by atoms with E-state index in [1.54, 1.807) is 4.68 Å². The van der Waals surface area contributed by atoms with E-state index in [2.05, 4.69) is 21.0 Å². The lowest BCUT2D eigenvalue weighted by Crippen LogP contribution is -2.00. The summed E-state index contributed by atoms with van der Waals surface area (Å²) >= 11 is 3.11. The summed E-state index contributed by atoms with van der Waals surface area (Å²) in [6.45, 7) is 3.87. The van der Waals surface area contributed by atoms with Crippen LogP contribution in [0.2, 0.25) is 0 Å². The minimum atomic E-state index is -3.18. The first-order chi connectivity index (χ1) is 5.82. The zero-order valence-electron chi connectivity index (χ0n) is 7.65. The van der Waals surface area contributed by atoms with Gasteiger partial charge < -0.3 is 0 Å². The van der Waals surface area contributed by atoms with Crippen molar-refractivity contribution >= 4 is 25.8 Å². The highest BCUT2D eigenvalue weighted by Crippen LogP contribution is 2.21. The van der Waals surface area contributed by atoms with Crippen LogP contribution in [0.4, 0.5) is 0 Å². The van der Waals surface area contributed by atoms with Crippen LogP contribution in [0.25, 0.3) is 0 Å². The molecule has 0 unspecified atom stereocenters. The molecule has 1 heterocycles. The van der Waals surface area contributed by atoms with Crippen molar-refractivity contribution < 1.29 is 8.42 Å². The van der Waals surface area contributed by atoms with Gasteiger partial charge in [0.2, 0.25) is 0 Å². The van der Waals surface area contributed by atoms with Gasteiger partial charge in [-0.2, -0.15) is 5.10 Å². The summed E-state index contributed by atoms with van der Waals surface area (Å²) in [6, 6.07) is 0.159. The molecule has 13 heavy (non-hydrogen) atoms. The Hall–Kier alpha value is -0.360. The highest BCUT2D eigenvalue weighted by Gasteiger charge is 2.16. The maximum absolute atomic E-state index is 11.2. The van der Waals surface area contributed by atoms with Crippen molar-refractivity contribution in [3.63, 3.8) is 0 Å². The van der Waals surface area contributed by atoms with Crippen molar-refractivity contribution in [1.29, 1.82) is 0 Å². The molecule has 1 aromatic heterocycles. The number of halogens is 1. The quantitative estimate of drug-likeness (QED) is 0.818. The van der Waals surface area contributed by atoms with Crippen LogP contribution in [0.15, 0.2) is 15.7 Å². The van der Waals surface area contributed by atoms with E-state index in [4.69, 9.17) is 0 Å². The van der Waals surface area contributed by atoms with Crippen molar-refractivity contribution in [2.24, 2.45) is 0 Å². The van der Waals surface area contributed by atoms with Crippen LogP contribution in [-0.2, 0) is 9.84 Å². The third kappa shape index (κ3) is 2.31. The molecule has 0 atom stereocenters. The number of rotatable bonds is 2. The summed E-state index contributed by atoms with van der Waals surface area (Å²) in [5, 5.41) is 4.03. The number of hydrogen-bond donors (Lipinski definition) is 0. The molecule has 74 valence electrons. The van der Waals surface area contributed by atoms with Crippen LogP contribution in [0.3, 0.4) is 0 Å². The molecule has 0 radical (unpaired) electrons. The van der Waals surface area contributed by atoms with Crippen LogP contribution >= 0.6 is 15.9 Å².